The molecule has 0 radical (unpaired) electrons. The number of pyridine rings is 1. The van der Waals surface area contributed by atoms with Crippen molar-refractivity contribution >= 4 is 0 Å². The first kappa shape index (κ1) is 19.7. The molecule has 4 atom stereocenters. The molecule has 0 spiro atoms. The Hall–Kier alpha value is -3.26. The average molecular weight is 422 g/mol. The number of halogens is 1. The molecule has 0 unspecified atom stereocenters. The molecular weight excluding hydrogens is 399 g/mol. The molecule has 8 heteroatoms. The van der Waals surface area contributed by atoms with Crippen LogP contribution >= 0.6 is 0 Å². The van der Waals surface area contributed by atoms with Gasteiger partial charge in [-0.15, -0.1) is 10.2 Å². The Morgan fingerprint density at radius 2 is 1.94 bits per heavy atom. The lowest BCUT2D eigenvalue weighted by Crippen LogP contribution is -2.53. The first-order chi connectivity index (χ1) is 15.0. The number of methoxy groups -OCH3 is 1. The molecule has 2 aromatic heterocycles. The SMILES string of the molecule is COc1cc(-c2ccc(-c3ccc(O[C@H]4[C@@H]5CN[C@@](C)(C5)[C@@H]4F)nn3)c(O)c2)ccn1. The van der Waals surface area contributed by atoms with Crippen molar-refractivity contribution in [3.8, 4) is 39.9 Å². The highest BCUT2D eigenvalue weighted by Crippen LogP contribution is 2.43. The third-order valence-electron chi connectivity index (χ3n) is 6.26. The summed E-state index contributed by atoms with van der Waals surface area (Å²) in [5, 5.41) is 22.1. The maximum atomic E-state index is 14.7. The number of aromatic nitrogens is 3. The largest absolute Gasteiger partial charge is 0.507 e. The maximum absolute atomic E-state index is 14.7. The molecule has 31 heavy (non-hydrogen) atoms. The zero-order valence-corrected chi connectivity index (χ0v) is 17.2. The number of hydrogen-bond donors (Lipinski definition) is 2. The number of aromatic hydroxyl groups is 1. The van der Waals surface area contributed by atoms with Gasteiger partial charge in [-0.2, -0.15) is 0 Å². The lowest BCUT2D eigenvalue weighted by atomic mass is 9.99. The van der Waals surface area contributed by atoms with Gasteiger partial charge in [0.15, 0.2) is 6.17 Å². The van der Waals surface area contributed by atoms with Crippen LogP contribution < -0.4 is 14.8 Å². The molecule has 2 aliphatic rings. The minimum Gasteiger partial charge on any atom is -0.507 e. The van der Waals surface area contributed by atoms with E-state index in [0.717, 1.165) is 24.1 Å². The number of rotatable bonds is 5. The van der Waals surface area contributed by atoms with E-state index in [1.54, 1.807) is 43.6 Å². The van der Waals surface area contributed by atoms with Gasteiger partial charge in [0.1, 0.15) is 11.9 Å². The standard InChI is InChI=1S/C23H23FN4O3/c1-23-11-15(12-26-23)21(22(23)24)31-19-6-5-17(27-28-19)16-4-3-13(9-18(16)29)14-7-8-25-20(10-14)30-2/h3-10,15,21-22,26,29H,11-12H2,1-2H3/t15-,21-,22+,23-/m0/s1. The molecule has 3 aromatic rings. The van der Waals surface area contributed by atoms with Crippen molar-refractivity contribution in [3.63, 3.8) is 0 Å². The zero-order chi connectivity index (χ0) is 21.6. The molecule has 2 fully saturated rings. The van der Waals surface area contributed by atoms with Gasteiger partial charge in [0.05, 0.1) is 18.3 Å². The Morgan fingerprint density at radius 1 is 1.10 bits per heavy atom. The minimum absolute atomic E-state index is 0.0761. The molecule has 1 aliphatic carbocycles. The van der Waals surface area contributed by atoms with Gasteiger partial charge >= 0.3 is 0 Å². The molecular formula is C23H23FN4O3. The predicted molar refractivity (Wildman–Crippen MR) is 113 cm³/mol. The Kier molecular flexibility index (Phi) is 4.74. The van der Waals surface area contributed by atoms with Crippen molar-refractivity contribution < 1.29 is 19.0 Å². The Morgan fingerprint density at radius 3 is 2.61 bits per heavy atom. The van der Waals surface area contributed by atoms with Crippen LogP contribution in [0.4, 0.5) is 4.39 Å². The van der Waals surface area contributed by atoms with Gasteiger partial charge < -0.3 is 19.9 Å². The summed E-state index contributed by atoms with van der Waals surface area (Å²) in [6, 6.07) is 12.3. The fraction of sp³-hybridized carbons (Fsp3) is 0.348. The van der Waals surface area contributed by atoms with E-state index in [-0.39, 0.29) is 17.5 Å². The summed E-state index contributed by atoms with van der Waals surface area (Å²) in [7, 11) is 1.56. The topological polar surface area (TPSA) is 89.4 Å². The van der Waals surface area contributed by atoms with Crippen LogP contribution in [0.3, 0.4) is 0 Å². The van der Waals surface area contributed by atoms with Gasteiger partial charge in [-0.3, -0.25) is 0 Å². The van der Waals surface area contributed by atoms with E-state index in [2.05, 4.69) is 20.5 Å². The molecule has 2 N–H and O–H groups in total. The van der Waals surface area contributed by atoms with Gasteiger partial charge in [0, 0.05) is 36.4 Å². The number of alkyl halides is 1. The van der Waals surface area contributed by atoms with Crippen LogP contribution in [-0.4, -0.2) is 51.8 Å². The third-order valence-corrected chi connectivity index (χ3v) is 6.26. The van der Waals surface area contributed by atoms with Gasteiger partial charge in [-0.05, 0) is 48.7 Å². The van der Waals surface area contributed by atoms with E-state index in [1.807, 2.05) is 19.1 Å². The quantitative estimate of drug-likeness (QED) is 0.651. The van der Waals surface area contributed by atoms with E-state index in [1.165, 1.54) is 0 Å². The van der Waals surface area contributed by atoms with Crippen molar-refractivity contribution in [2.75, 3.05) is 13.7 Å². The molecule has 160 valence electrons. The van der Waals surface area contributed by atoms with Crippen LogP contribution in [0.1, 0.15) is 13.3 Å². The Balaban J connectivity index is 1.34. The van der Waals surface area contributed by atoms with Crippen molar-refractivity contribution in [1.82, 2.24) is 20.5 Å². The number of phenols is 1. The van der Waals surface area contributed by atoms with E-state index < -0.39 is 17.8 Å². The number of phenolic OH excluding ortho intramolecular Hbond substituents is 1. The second kappa shape index (κ2) is 7.46. The normalized spacial score (nSPS) is 26.7. The summed E-state index contributed by atoms with van der Waals surface area (Å²) >= 11 is 0. The molecule has 1 saturated carbocycles. The summed E-state index contributed by atoms with van der Waals surface area (Å²) in [4.78, 5) is 4.09. The van der Waals surface area contributed by atoms with Crippen LogP contribution in [0.25, 0.3) is 22.4 Å². The summed E-state index contributed by atoms with van der Waals surface area (Å²) < 4.78 is 25.7. The van der Waals surface area contributed by atoms with Crippen LogP contribution in [0.15, 0.2) is 48.7 Å². The van der Waals surface area contributed by atoms with Gasteiger partial charge in [-0.25, -0.2) is 9.37 Å². The first-order valence-electron chi connectivity index (χ1n) is 10.2. The van der Waals surface area contributed by atoms with Crippen molar-refractivity contribution in [2.24, 2.45) is 5.92 Å². The number of benzene rings is 1. The summed E-state index contributed by atoms with van der Waals surface area (Å²) in [5.74, 6) is 0.989. The highest BCUT2D eigenvalue weighted by molar-refractivity contribution is 5.74. The number of nitrogens with one attached hydrogen (secondary N) is 1. The molecule has 2 bridgehead atoms. The monoisotopic (exact) mass is 422 g/mol. The van der Waals surface area contributed by atoms with Crippen molar-refractivity contribution in [2.45, 2.75) is 31.2 Å². The molecule has 1 aromatic carbocycles. The fourth-order valence-electron chi connectivity index (χ4n) is 4.55. The number of ether oxygens (including phenoxy) is 2. The number of hydrogen-bond acceptors (Lipinski definition) is 7. The molecule has 1 aliphatic heterocycles. The highest BCUT2D eigenvalue weighted by Gasteiger charge is 2.57. The predicted octanol–water partition coefficient (Wildman–Crippen LogP) is 3.39. The Labute approximate surface area is 179 Å². The fourth-order valence-corrected chi connectivity index (χ4v) is 4.55. The number of nitrogens with zero attached hydrogens (tertiary/aromatic N) is 3. The van der Waals surface area contributed by atoms with Crippen LogP contribution in [0.5, 0.6) is 17.5 Å². The Bertz CT molecular complexity index is 1110. The first-order valence-corrected chi connectivity index (χ1v) is 10.2. The van der Waals surface area contributed by atoms with E-state index in [9.17, 15) is 9.50 Å². The van der Waals surface area contributed by atoms with Gasteiger partial charge in [0.2, 0.25) is 11.8 Å². The maximum Gasteiger partial charge on any atom is 0.233 e. The summed E-state index contributed by atoms with van der Waals surface area (Å²) in [5.41, 5.74) is 2.22. The highest BCUT2D eigenvalue weighted by atomic mass is 19.1. The van der Waals surface area contributed by atoms with Crippen molar-refractivity contribution in [1.29, 1.82) is 0 Å². The zero-order valence-electron chi connectivity index (χ0n) is 17.2. The van der Waals surface area contributed by atoms with E-state index in [0.29, 0.717) is 17.1 Å². The summed E-state index contributed by atoms with van der Waals surface area (Å²) in [6.45, 7) is 2.64. The number of fused-ring (bicyclic) bond motifs is 2. The molecule has 3 heterocycles. The second-order valence-electron chi connectivity index (χ2n) is 8.32. The average Bonchev–Trinajstić information content (AvgIpc) is 3.29. The third kappa shape index (κ3) is 3.46. The lowest BCUT2D eigenvalue weighted by molar-refractivity contribution is 0.0407. The molecule has 1 saturated heterocycles. The minimum atomic E-state index is -1.09. The second-order valence-corrected chi connectivity index (χ2v) is 8.32. The van der Waals surface area contributed by atoms with Gasteiger partial charge in [-0.1, -0.05) is 6.07 Å². The van der Waals surface area contributed by atoms with E-state index >= 15 is 0 Å². The van der Waals surface area contributed by atoms with Gasteiger partial charge in [0.25, 0.3) is 0 Å². The van der Waals surface area contributed by atoms with Crippen molar-refractivity contribution in [3.05, 3.63) is 48.7 Å². The lowest BCUT2D eigenvalue weighted by Gasteiger charge is -2.32. The van der Waals surface area contributed by atoms with Crippen LogP contribution in [-0.2, 0) is 0 Å². The molecule has 5 rings (SSSR count). The number of piperidine rings is 1. The smallest absolute Gasteiger partial charge is 0.233 e. The molecule has 0 amide bonds. The van der Waals surface area contributed by atoms with Crippen LogP contribution in [0, 0.1) is 5.92 Å². The van der Waals surface area contributed by atoms with Crippen LogP contribution in [0.2, 0.25) is 0 Å². The van der Waals surface area contributed by atoms with E-state index in [4.69, 9.17) is 9.47 Å². The molecule has 7 nitrogen and oxygen atoms in total. The summed E-state index contributed by atoms with van der Waals surface area (Å²) in [6.07, 6.45) is 0.804.